The molecule has 0 aliphatic carbocycles. The molecule has 0 fully saturated rings. The van der Waals surface area contributed by atoms with Crippen LogP contribution in [0.3, 0.4) is 0 Å². The van der Waals surface area contributed by atoms with Gasteiger partial charge in [0.05, 0.1) is 13.7 Å². The lowest BCUT2D eigenvalue weighted by molar-refractivity contribution is 0.0537. The average Bonchev–Trinajstić information content (AvgIpc) is 2.27. The van der Waals surface area contributed by atoms with Gasteiger partial charge in [0.25, 0.3) is 5.91 Å². The van der Waals surface area contributed by atoms with Crippen LogP contribution in [0.2, 0.25) is 0 Å². The van der Waals surface area contributed by atoms with Gasteiger partial charge in [0.1, 0.15) is 5.75 Å². The first-order valence-corrected chi connectivity index (χ1v) is 4.84. The van der Waals surface area contributed by atoms with Crippen molar-refractivity contribution < 1.29 is 14.4 Å². The number of carbonyl (C=O) groups excluding carboxylic acids is 1. The Morgan fingerprint density at radius 3 is 2.93 bits per heavy atom. The quantitative estimate of drug-likeness (QED) is 0.752. The van der Waals surface area contributed by atoms with Crippen molar-refractivity contribution in [3.63, 3.8) is 0 Å². The van der Waals surface area contributed by atoms with E-state index in [0.29, 0.717) is 17.9 Å². The van der Waals surface area contributed by atoms with Crippen molar-refractivity contribution in [1.82, 2.24) is 5.48 Å². The lowest BCUT2D eigenvalue weighted by Gasteiger charge is -2.06. The van der Waals surface area contributed by atoms with E-state index in [9.17, 15) is 4.79 Å². The molecule has 4 nitrogen and oxygen atoms in total. The molecule has 0 bridgehead atoms. The number of hydroxylamine groups is 1. The van der Waals surface area contributed by atoms with Crippen molar-refractivity contribution >= 4 is 5.91 Å². The highest BCUT2D eigenvalue weighted by Crippen LogP contribution is 2.13. The first kappa shape index (κ1) is 11.5. The summed E-state index contributed by atoms with van der Waals surface area (Å²) < 4.78 is 5.40. The van der Waals surface area contributed by atoms with E-state index >= 15 is 0 Å². The van der Waals surface area contributed by atoms with Gasteiger partial charge in [-0.1, -0.05) is 13.0 Å². The second kappa shape index (κ2) is 6.03. The van der Waals surface area contributed by atoms with Gasteiger partial charge in [-0.15, -0.1) is 0 Å². The van der Waals surface area contributed by atoms with Gasteiger partial charge in [-0.05, 0) is 24.6 Å². The highest BCUT2D eigenvalue weighted by Gasteiger charge is 2.05. The largest absolute Gasteiger partial charge is 0.494 e. The molecule has 0 aromatic heterocycles. The second-order valence-corrected chi connectivity index (χ2v) is 3.01. The summed E-state index contributed by atoms with van der Waals surface area (Å²) in [7, 11) is 1.40. The van der Waals surface area contributed by atoms with Crippen LogP contribution in [-0.4, -0.2) is 19.6 Å². The minimum atomic E-state index is -0.278. The summed E-state index contributed by atoms with van der Waals surface area (Å²) in [5.41, 5.74) is 2.77. The monoisotopic (exact) mass is 209 g/mol. The summed E-state index contributed by atoms with van der Waals surface area (Å²) in [6.45, 7) is 2.68. The molecule has 15 heavy (non-hydrogen) atoms. The number of carbonyl (C=O) groups is 1. The van der Waals surface area contributed by atoms with Crippen LogP contribution in [0.1, 0.15) is 23.7 Å². The third kappa shape index (κ3) is 3.59. The molecule has 1 rings (SSSR count). The molecule has 4 heteroatoms. The first-order valence-electron chi connectivity index (χ1n) is 4.84. The summed E-state index contributed by atoms with van der Waals surface area (Å²) in [6, 6.07) is 6.98. The number of ether oxygens (including phenoxy) is 1. The van der Waals surface area contributed by atoms with Crippen LogP contribution >= 0.6 is 0 Å². The van der Waals surface area contributed by atoms with E-state index in [1.807, 2.05) is 13.0 Å². The van der Waals surface area contributed by atoms with E-state index in [1.165, 1.54) is 7.11 Å². The summed E-state index contributed by atoms with van der Waals surface area (Å²) in [5, 5.41) is 0. The van der Waals surface area contributed by atoms with E-state index in [0.717, 1.165) is 6.42 Å². The molecular weight excluding hydrogens is 194 g/mol. The standard InChI is InChI=1S/C11H15NO3/c1-3-7-15-10-6-4-5-9(8-10)11(13)12-14-2/h4-6,8H,3,7H2,1-2H3,(H,12,13). The molecule has 0 saturated heterocycles. The number of nitrogens with one attached hydrogen (secondary N) is 1. The van der Waals surface area contributed by atoms with Crippen LogP contribution in [0.4, 0.5) is 0 Å². The number of benzene rings is 1. The molecule has 1 aromatic rings. The summed E-state index contributed by atoms with van der Waals surface area (Å²) >= 11 is 0. The van der Waals surface area contributed by atoms with Gasteiger partial charge >= 0.3 is 0 Å². The van der Waals surface area contributed by atoms with E-state index in [1.54, 1.807) is 18.2 Å². The average molecular weight is 209 g/mol. The maximum absolute atomic E-state index is 11.4. The lowest BCUT2D eigenvalue weighted by Crippen LogP contribution is -2.21. The third-order valence-electron chi connectivity index (χ3n) is 1.76. The molecular formula is C11H15NO3. The number of rotatable bonds is 5. The Bertz CT molecular complexity index is 325. The van der Waals surface area contributed by atoms with Crippen LogP contribution in [0.25, 0.3) is 0 Å². The Kier molecular flexibility index (Phi) is 4.63. The van der Waals surface area contributed by atoms with Crippen LogP contribution < -0.4 is 10.2 Å². The summed E-state index contributed by atoms with van der Waals surface area (Å²) in [4.78, 5) is 15.9. The molecule has 0 radical (unpaired) electrons. The van der Waals surface area contributed by atoms with Gasteiger partial charge in [-0.3, -0.25) is 9.63 Å². The van der Waals surface area contributed by atoms with Gasteiger partial charge in [0.2, 0.25) is 0 Å². The highest BCUT2D eigenvalue weighted by molar-refractivity contribution is 5.93. The van der Waals surface area contributed by atoms with Gasteiger partial charge in [0.15, 0.2) is 0 Å². The maximum atomic E-state index is 11.4. The molecule has 0 heterocycles. The van der Waals surface area contributed by atoms with Gasteiger partial charge in [0, 0.05) is 5.56 Å². The van der Waals surface area contributed by atoms with Crippen molar-refractivity contribution in [1.29, 1.82) is 0 Å². The van der Waals surface area contributed by atoms with Crippen molar-refractivity contribution in [2.75, 3.05) is 13.7 Å². The topological polar surface area (TPSA) is 47.6 Å². The molecule has 0 unspecified atom stereocenters. The SMILES string of the molecule is CCCOc1cccc(C(=O)NOC)c1. The number of hydrogen-bond acceptors (Lipinski definition) is 3. The first-order chi connectivity index (χ1) is 7.27. The number of amides is 1. The Morgan fingerprint density at radius 2 is 2.27 bits per heavy atom. The highest BCUT2D eigenvalue weighted by atomic mass is 16.6. The van der Waals surface area contributed by atoms with Crippen LogP contribution in [0.5, 0.6) is 5.75 Å². The molecule has 82 valence electrons. The van der Waals surface area contributed by atoms with Crippen molar-refractivity contribution in [2.45, 2.75) is 13.3 Å². The Labute approximate surface area is 89.1 Å². The molecule has 0 spiro atoms. The molecule has 0 aliphatic rings. The lowest BCUT2D eigenvalue weighted by atomic mass is 10.2. The van der Waals surface area contributed by atoms with Crippen molar-refractivity contribution in [2.24, 2.45) is 0 Å². The Hall–Kier alpha value is -1.55. The van der Waals surface area contributed by atoms with Crippen LogP contribution in [0.15, 0.2) is 24.3 Å². The summed E-state index contributed by atoms with van der Waals surface area (Å²) in [6.07, 6.45) is 0.939. The fraction of sp³-hybridized carbons (Fsp3) is 0.364. The van der Waals surface area contributed by atoms with Gasteiger partial charge < -0.3 is 4.74 Å². The predicted octanol–water partition coefficient (Wildman–Crippen LogP) is 1.77. The zero-order chi connectivity index (χ0) is 11.1. The molecule has 0 atom stereocenters. The minimum absolute atomic E-state index is 0.278. The normalized spacial score (nSPS) is 9.73. The molecule has 0 saturated carbocycles. The molecule has 1 amide bonds. The van der Waals surface area contributed by atoms with Crippen LogP contribution in [0, 0.1) is 0 Å². The van der Waals surface area contributed by atoms with E-state index in [4.69, 9.17) is 4.74 Å². The fourth-order valence-electron chi connectivity index (χ4n) is 1.10. The molecule has 1 aromatic carbocycles. The zero-order valence-corrected chi connectivity index (χ0v) is 8.95. The van der Waals surface area contributed by atoms with Crippen LogP contribution in [-0.2, 0) is 4.84 Å². The maximum Gasteiger partial charge on any atom is 0.274 e. The van der Waals surface area contributed by atoms with Crippen molar-refractivity contribution in [3.8, 4) is 5.75 Å². The third-order valence-corrected chi connectivity index (χ3v) is 1.76. The van der Waals surface area contributed by atoms with Crippen molar-refractivity contribution in [3.05, 3.63) is 29.8 Å². The Morgan fingerprint density at radius 1 is 1.47 bits per heavy atom. The fourth-order valence-corrected chi connectivity index (χ4v) is 1.10. The van der Waals surface area contributed by atoms with Gasteiger partial charge in [-0.2, -0.15) is 0 Å². The number of hydrogen-bond donors (Lipinski definition) is 1. The minimum Gasteiger partial charge on any atom is -0.494 e. The Balaban J connectivity index is 2.69. The second-order valence-electron chi connectivity index (χ2n) is 3.01. The van der Waals surface area contributed by atoms with Gasteiger partial charge in [-0.25, -0.2) is 5.48 Å². The predicted molar refractivity (Wildman–Crippen MR) is 56.7 cm³/mol. The van der Waals surface area contributed by atoms with E-state index < -0.39 is 0 Å². The molecule has 0 aliphatic heterocycles. The van der Waals surface area contributed by atoms with E-state index in [-0.39, 0.29) is 5.91 Å². The zero-order valence-electron chi connectivity index (χ0n) is 8.95. The van der Waals surface area contributed by atoms with E-state index in [2.05, 4.69) is 10.3 Å². The smallest absolute Gasteiger partial charge is 0.274 e. The molecule has 1 N–H and O–H groups in total. The summed E-state index contributed by atoms with van der Waals surface area (Å²) in [5.74, 6) is 0.417.